The molecule has 0 unspecified atom stereocenters. The van der Waals surface area contributed by atoms with Crippen LogP contribution in [-0.4, -0.2) is 57.8 Å². The molecule has 0 fully saturated rings. The highest BCUT2D eigenvalue weighted by Crippen LogP contribution is 2.28. The van der Waals surface area contributed by atoms with Crippen molar-refractivity contribution >= 4 is 27.5 Å². The van der Waals surface area contributed by atoms with Gasteiger partial charge >= 0.3 is 5.97 Å². The first-order valence-corrected chi connectivity index (χ1v) is 15.5. The molecule has 1 aliphatic heterocycles. The summed E-state index contributed by atoms with van der Waals surface area (Å²) in [6.07, 6.45) is 1.65. The van der Waals surface area contributed by atoms with Crippen LogP contribution in [0.4, 0.5) is 14.6 Å². The van der Waals surface area contributed by atoms with E-state index in [-0.39, 0.29) is 52.7 Å². The fraction of sp³-hybridized carbons (Fsp3) is 0.219. The number of esters is 1. The number of pyridine rings is 1. The lowest BCUT2D eigenvalue weighted by Gasteiger charge is -2.12. The molecule has 1 aliphatic rings. The molecule has 0 amide bonds. The monoisotopic (exact) mass is 620 g/mol. The van der Waals surface area contributed by atoms with Crippen molar-refractivity contribution in [3.05, 3.63) is 107 Å². The second kappa shape index (κ2) is 13.6. The predicted molar refractivity (Wildman–Crippen MR) is 163 cm³/mol. The predicted octanol–water partition coefficient (Wildman–Crippen LogP) is 5.02. The van der Waals surface area contributed by atoms with E-state index in [0.29, 0.717) is 11.3 Å². The Balaban J connectivity index is 1.17. The van der Waals surface area contributed by atoms with E-state index in [4.69, 9.17) is 4.74 Å². The summed E-state index contributed by atoms with van der Waals surface area (Å²) in [6.45, 7) is 1.81. The minimum absolute atomic E-state index is 0.00562. The number of hydrogen-bond acceptors (Lipinski definition) is 9. The van der Waals surface area contributed by atoms with Crippen LogP contribution in [-0.2, 0) is 21.1 Å². The lowest BCUT2D eigenvalue weighted by atomic mass is 9.98. The summed E-state index contributed by atoms with van der Waals surface area (Å²) in [5, 5.41) is 6.16. The maximum atomic E-state index is 15.0. The van der Waals surface area contributed by atoms with Gasteiger partial charge in [0.1, 0.15) is 34.6 Å². The van der Waals surface area contributed by atoms with Crippen molar-refractivity contribution in [2.75, 3.05) is 37.9 Å². The highest BCUT2D eigenvalue weighted by molar-refractivity contribution is 7.91. The number of nitrogens with one attached hydrogen (secondary N) is 2. The van der Waals surface area contributed by atoms with Gasteiger partial charge in [-0.15, -0.1) is 0 Å². The maximum absolute atomic E-state index is 15.0. The second-order valence-corrected chi connectivity index (χ2v) is 12.0. The van der Waals surface area contributed by atoms with E-state index in [1.54, 1.807) is 6.07 Å². The van der Waals surface area contributed by atoms with Crippen molar-refractivity contribution in [1.29, 1.82) is 0 Å². The lowest BCUT2D eigenvalue weighted by Crippen LogP contribution is -2.19. The molecule has 9 nitrogen and oxygen atoms in total. The van der Waals surface area contributed by atoms with Gasteiger partial charge in [0.05, 0.1) is 30.9 Å². The molecule has 0 spiro atoms. The highest BCUT2D eigenvalue weighted by Gasteiger charge is 2.20. The summed E-state index contributed by atoms with van der Waals surface area (Å²) >= 11 is 0. The number of benzene rings is 3. The first kappa shape index (κ1) is 30.6. The number of anilines is 1. The van der Waals surface area contributed by atoms with Gasteiger partial charge in [-0.05, 0) is 66.1 Å². The molecular weight excluding hydrogens is 590 g/mol. The maximum Gasteiger partial charge on any atom is 0.341 e. The Morgan fingerprint density at radius 2 is 1.80 bits per heavy atom. The van der Waals surface area contributed by atoms with Crippen LogP contribution in [0.2, 0.25) is 0 Å². The van der Waals surface area contributed by atoms with Crippen LogP contribution in [0.15, 0.2) is 88.9 Å². The van der Waals surface area contributed by atoms with Crippen molar-refractivity contribution in [3.63, 3.8) is 0 Å². The molecule has 2 N–H and O–H groups in total. The highest BCUT2D eigenvalue weighted by atomic mass is 32.2. The molecule has 0 saturated heterocycles. The van der Waals surface area contributed by atoms with Crippen LogP contribution in [0.5, 0.6) is 5.75 Å². The number of halogens is 2. The third-order valence-electron chi connectivity index (χ3n) is 6.95. The summed E-state index contributed by atoms with van der Waals surface area (Å²) in [5.41, 5.74) is 1.45. The lowest BCUT2D eigenvalue weighted by molar-refractivity contribution is 0.0596. The Labute approximate surface area is 253 Å². The minimum Gasteiger partial charge on any atom is -0.494 e. The van der Waals surface area contributed by atoms with Gasteiger partial charge in [0, 0.05) is 30.4 Å². The number of amidine groups is 1. The molecule has 5 rings (SSSR count). The molecular formula is C32H30F2N4O5S. The molecule has 0 saturated carbocycles. The molecule has 2 heterocycles. The molecule has 44 heavy (non-hydrogen) atoms. The normalized spacial score (nSPS) is 12.8. The van der Waals surface area contributed by atoms with Crippen molar-refractivity contribution < 1.29 is 31.5 Å². The third-order valence-corrected chi connectivity index (χ3v) is 8.74. The number of rotatable bonds is 12. The van der Waals surface area contributed by atoms with Gasteiger partial charge in [0.2, 0.25) is 0 Å². The number of methoxy groups -OCH3 is 1. The van der Waals surface area contributed by atoms with Crippen LogP contribution in [0.3, 0.4) is 0 Å². The molecule has 0 aliphatic carbocycles. The molecule has 0 bridgehead atoms. The fourth-order valence-corrected chi connectivity index (χ4v) is 5.97. The van der Waals surface area contributed by atoms with Crippen LogP contribution < -0.4 is 15.4 Å². The summed E-state index contributed by atoms with van der Waals surface area (Å²) in [6, 6.07) is 18.6. The van der Waals surface area contributed by atoms with E-state index in [2.05, 4.69) is 25.3 Å². The minimum atomic E-state index is -3.63. The van der Waals surface area contributed by atoms with E-state index in [1.165, 1.54) is 42.6 Å². The van der Waals surface area contributed by atoms with E-state index in [0.717, 1.165) is 37.7 Å². The first-order chi connectivity index (χ1) is 21.2. The van der Waals surface area contributed by atoms with Gasteiger partial charge in [0.15, 0.2) is 9.84 Å². The van der Waals surface area contributed by atoms with E-state index < -0.39 is 27.4 Å². The standard InChI is InChI=1S/C32H30F2N4O5S/c1-42-32(39)30-26(4-2-5-27(30)33)22-6-7-23(28(34)18-22)20-38-29-19-25(12-13-35-29)44(40,41)17-3-16-43-24-10-8-21(9-11-24)31-36-14-15-37-31/h2,4-13,18-19H,3,14-17,20H2,1H3,(H,35,38)(H,36,37). The average molecular weight is 621 g/mol. The van der Waals surface area contributed by atoms with Crippen molar-refractivity contribution in [2.24, 2.45) is 4.99 Å². The van der Waals surface area contributed by atoms with Gasteiger partial charge in [-0.25, -0.2) is 27.0 Å². The number of hydrogen-bond donors (Lipinski definition) is 2. The van der Waals surface area contributed by atoms with E-state index in [9.17, 15) is 17.6 Å². The molecule has 1 aromatic heterocycles. The van der Waals surface area contributed by atoms with Gasteiger partial charge in [-0.3, -0.25) is 4.99 Å². The largest absolute Gasteiger partial charge is 0.494 e. The number of carbonyl (C=O) groups is 1. The number of aliphatic imine (C=N–C) groups is 1. The summed E-state index contributed by atoms with van der Waals surface area (Å²) in [4.78, 5) is 20.7. The summed E-state index contributed by atoms with van der Waals surface area (Å²) < 4.78 is 65.7. The Morgan fingerprint density at radius 1 is 1.00 bits per heavy atom. The van der Waals surface area contributed by atoms with Crippen LogP contribution in [0.25, 0.3) is 11.1 Å². The molecule has 0 radical (unpaired) electrons. The molecule has 3 aromatic carbocycles. The van der Waals surface area contributed by atoms with Crippen LogP contribution in [0, 0.1) is 11.6 Å². The molecule has 12 heteroatoms. The van der Waals surface area contributed by atoms with Crippen molar-refractivity contribution in [2.45, 2.75) is 17.9 Å². The quantitative estimate of drug-likeness (QED) is 0.168. The Hall–Kier alpha value is -4.84. The van der Waals surface area contributed by atoms with E-state index in [1.807, 2.05) is 24.3 Å². The number of carbonyl (C=O) groups excluding carboxylic acids is 1. The number of ether oxygens (including phenoxy) is 2. The smallest absolute Gasteiger partial charge is 0.341 e. The first-order valence-electron chi connectivity index (χ1n) is 13.8. The van der Waals surface area contributed by atoms with E-state index >= 15 is 4.39 Å². The molecule has 4 aromatic rings. The van der Waals surface area contributed by atoms with Crippen molar-refractivity contribution in [1.82, 2.24) is 10.3 Å². The van der Waals surface area contributed by atoms with Gasteiger partial charge in [-0.1, -0.05) is 24.3 Å². The molecule has 0 atom stereocenters. The third kappa shape index (κ3) is 7.20. The van der Waals surface area contributed by atoms with Gasteiger partial charge < -0.3 is 20.1 Å². The Bertz CT molecular complexity index is 1800. The second-order valence-electron chi connectivity index (χ2n) is 9.89. The van der Waals surface area contributed by atoms with Gasteiger partial charge in [-0.2, -0.15) is 0 Å². The Morgan fingerprint density at radius 3 is 2.52 bits per heavy atom. The van der Waals surface area contributed by atoms with Crippen LogP contribution >= 0.6 is 0 Å². The zero-order valence-electron chi connectivity index (χ0n) is 23.8. The topological polar surface area (TPSA) is 119 Å². The molecule has 228 valence electrons. The van der Waals surface area contributed by atoms with Gasteiger partial charge in [0.25, 0.3) is 0 Å². The van der Waals surface area contributed by atoms with Crippen LogP contribution in [0.1, 0.15) is 27.9 Å². The number of sulfone groups is 1. The zero-order chi connectivity index (χ0) is 31.1. The Kier molecular flexibility index (Phi) is 9.49. The number of nitrogens with zero attached hydrogens (tertiary/aromatic N) is 2. The fourth-order valence-electron chi connectivity index (χ4n) is 4.68. The zero-order valence-corrected chi connectivity index (χ0v) is 24.7. The average Bonchev–Trinajstić information content (AvgIpc) is 3.58. The summed E-state index contributed by atoms with van der Waals surface area (Å²) in [5.74, 6) is -0.613. The SMILES string of the molecule is COC(=O)c1c(F)cccc1-c1ccc(CNc2cc(S(=O)(=O)CCCOc3ccc(C4=NCCN4)cc3)ccn2)c(F)c1. The summed E-state index contributed by atoms with van der Waals surface area (Å²) in [7, 11) is -2.48. The van der Waals surface area contributed by atoms with Crippen molar-refractivity contribution in [3.8, 4) is 16.9 Å². The number of aromatic nitrogens is 1.